The van der Waals surface area contributed by atoms with Crippen molar-refractivity contribution >= 4 is 5.91 Å². The molecule has 1 fully saturated rings. The predicted octanol–water partition coefficient (Wildman–Crippen LogP) is 0.551. The number of carbonyl (C=O) groups is 1. The molecule has 0 saturated heterocycles. The Bertz CT molecular complexity index is 338. The van der Waals surface area contributed by atoms with Crippen LogP contribution in [0.25, 0.3) is 0 Å². The Morgan fingerprint density at radius 2 is 2.15 bits per heavy atom. The van der Waals surface area contributed by atoms with E-state index in [1.165, 1.54) is 0 Å². The summed E-state index contributed by atoms with van der Waals surface area (Å²) in [6, 6.07) is 3.88. The summed E-state index contributed by atoms with van der Waals surface area (Å²) < 4.78 is 0. The van der Waals surface area contributed by atoms with Crippen molar-refractivity contribution in [3.05, 3.63) is 0 Å². The normalized spacial score (nSPS) is 41.7. The molecule has 1 aliphatic rings. The van der Waals surface area contributed by atoms with Crippen LogP contribution in [0.1, 0.15) is 20.3 Å². The summed E-state index contributed by atoms with van der Waals surface area (Å²) in [5, 5.41) is 17.7. The first-order valence-corrected chi connectivity index (χ1v) is 4.12. The van der Waals surface area contributed by atoms with Gasteiger partial charge in [-0.2, -0.15) is 10.5 Å². The van der Waals surface area contributed by atoms with Crippen molar-refractivity contribution in [1.82, 2.24) is 0 Å². The number of nitrogens with two attached hydrogens (primary N) is 1. The Labute approximate surface area is 76.9 Å². The van der Waals surface area contributed by atoms with E-state index in [9.17, 15) is 4.79 Å². The van der Waals surface area contributed by atoms with Gasteiger partial charge in [0, 0.05) is 5.41 Å². The van der Waals surface area contributed by atoms with Crippen LogP contribution in [0, 0.1) is 39.4 Å². The van der Waals surface area contributed by atoms with Gasteiger partial charge in [-0.1, -0.05) is 13.8 Å². The molecule has 0 aromatic rings. The summed E-state index contributed by atoms with van der Waals surface area (Å²) in [7, 11) is 0. The molecule has 0 spiro atoms. The highest BCUT2D eigenvalue weighted by Crippen LogP contribution is 2.70. The van der Waals surface area contributed by atoms with Crippen LogP contribution in [-0.4, -0.2) is 5.91 Å². The zero-order chi connectivity index (χ0) is 10.3. The van der Waals surface area contributed by atoms with Crippen LogP contribution in [0.15, 0.2) is 0 Å². The molecule has 3 unspecified atom stereocenters. The minimum atomic E-state index is -1.25. The smallest absolute Gasteiger partial charge is 0.239 e. The highest BCUT2D eigenvalue weighted by Gasteiger charge is 2.78. The molecule has 2 N–H and O–H groups in total. The number of carbonyl (C=O) groups excluding carboxylic acids is 1. The maximum atomic E-state index is 11.1. The van der Waals surface area contributed by atoms with E-state index in [0.717, 1.165) is 0 Å². The fraction of sp³-hybridized carbons (Fsp3) is 0.667. The number of rotatable bonds is 2. The molecule has 0 aromatic heterocycles. The summed E-state index contributed by atoms with van der Waals surface area (Å²) >= 11 is 0. The standard InChI is InChI=1S/C9H11N3O/c1-3-8(2)6(4-10)9(8,5-11)7(12)13/h6H,3H2,1-2H3,(H2,12,13). The molecular formula is C9H11N3O. The van der Waals surface area contributed by atoms with Gasteiger partial charge in [-0.15, -0.1) is 0 Å². The second-order valence-electron chi connectivity index (χ2n) is 3.62. The van der Waals surface area contributed by atoms with Crippen molar-refractivity contribution in [2.45, 2.75) is 20.3 Å². The summed E-state index contributed by atoms with van der Waals surface area (Å²) in [6.07, 6.45) is 0.613. The molecule has 1 rings (SSSR count). The number of nitrogens with zero attached hydrogens (tertiary/aromatic N) is 2. The second kappa shape index (κ2) is 2.47. The van der Waals surface area contributed by atoms with Gasteiger partial charge in [0.25, 0.3) is 0 Å². The minimum Gasteiger partial charge on any atom is -0.368 e. The molecule has 0 radical (unpaired) electrons. The van der Waals surface area contributed by atoms with Gasteiger partial charge in [-0.3, -0.25) is 4.79 Å². The van der Waals surface area contributed by atoms with Crippen molar-refractivity contribution in [3.8, 4) is 12.1 Å². The van der Waals surface area contributed by atoms with E-state index in [1.807, 2.05) is 19.1 Å². The third-order valence-electron chi connectivity index (χ3n) is 3.32. The molecule has 1 saturated carbocycles. The van der Waals surface area contributed by atoms with Gasteiger partial charge >= 0.3 is 0 Å². The average Bonchev–Trinajstić information content (AvgIpc) is 2.66. The molecule has 0 bridgehead atoms. The number of hydrogen-bond donors (Lipinski definition) is 1. The van der Waals surface area contributed by atoms with E-state index in [4.69, 9.17) is 16.3 Å². The molecule has 3 atom stereocenters. The molecule has 13 heavy (non-hydrogen) atoms. The SMILES string of the molecule is CCC1(C)C(C#N)C1(C#N)C(N)=O. The largest absolute Gasteiger partial charge is 0.368 e. The third-order valence-corrected chi connectivity index (χ3v) is 3.32. The van der Waals surface area contributed by atoms with Gasteiger partial charge < -0.3 is 5.73 Å². The molecular weight excluding hydrogens is 166 g/mol. The summed E-state index contributed by atoms with van der Waals surface area (Å²) in [5.74, 6) is -1.22. The molecule has 0 heterocycles. The van der Waals surface area contributed by atoms with Crippen molar-refractivity contribution in [3.63, 3.8) is 0 Å². The van der Waals surface area contributed by atoms with E-state index in [-0.39, 0.29) is 0 Å². The van der Waals surface area contributed by atoms with Crippen LogP contribution in [0.3, 0.4) is 0 Å². The van der Waals surface area contributed by atoms with Crippen LogP contribution in [0.2, 0.25) is 0 Å². The van der Waals surface area contributed by atoms with Crippen LogP contribution in [0.5, 0.6) is 0 Å². The van der Waals surface area contributed by atoms with Gasteiger partial charge in [-0.05, 0) is 6.42 Å². The van der Waals surface area contributed by atoms with Crippen molar-refractivity contribution in [1.29, 1.82) is 10.5 Å². The quantitative estimate of drug-likeness (QED) is 0.667. The van der Waals surface area contributed by atoms with E-state index in [2.05, 4.69) is 0 Å². The molecule has 0 aliphatic heterocycles. The zero-order valence-corrected chi connectivity index (χ0v) is 7.66. The van der Waals surface area contributed by atoms with Crippen molar-refractivity contribution in [2.24, 2.45) is 22.5 Å². The Balaban J connectivity index is 3.17. The molecule has 68 valence electrons. The first kappa shape index (κ1) is 9.54. The maximum absolute atomic E-state index is 11.1. The molecule has 1 aliphatic carbocycles. The Morgan fingerprint density at radius 3 is 2.23 bits per heavy atom. The Hall–Kier alpha value is -1.55. The van der Waals surface area contributed by atoms with E-state index >= 15 is 0 Å². The van der Waals surface area contributed by atoms with Crippen molar-refractivity contribution in [2.75, 3.05) is 0 Å². The topological polar surface area (TPSA) is 90.7 Å². The summed E-state index contributed by atoms with van der Waals surface area (Å²) in [6.45, 7) is 3.61. The second-order valence-corrected chi connectivity index (χ2v) is 3.62. The highest BCUT2D eigenvalue weighted by atomic mass is 16.1. The van der Waals surface area contributed by atoms with Gasteiger partial charge in [0.2, 0.25) is 5.91 Å². The Kier molecular flexibility index (Phi) is 1.81. The lowest BCUT2D eigenvalue weighted by Crippen LogP contribution is -2.28. The van der Waals surface area contributed by atoms with Gasteiger partial charge in [0.05, 0.1) is 18.1 Å². The first-order valence-electron chi connectivity index (χ1n) is 4.12. The van der Waals surface area contributed by atoms with E-state index in [0.29, 0.717) is 6.42 Å². The monoisotopic (exact) mass is 177 g/mol. The van der Waals surface area contributed by atoms with E-state index in [1.54, 1.807) is 6.92 Å². The van der Waals surface area contributed by atoms with Crippen molar-refractivity contribution < 1.29 is 4.79 Å². The van der Waals surface area contributed by atoms with Gasteiger partial charge in [-0.25, -0.2) is 0 Å². The lowest BCUT2D eigenvalue weighted by Gasteiger charge is -2.08. The lowest BCUT2D eigenvalue weighted by molar-refractivity contribution is -0.122. The molecule has 4 nitrogen and oxygen atoms in total. The number of amides is 1. The average molecular weight is 177 g/mol. The maximum Gasteiger partial charge on any atom is 0.239 e. The fourth-order valence-electron chi connectivity index (χ4n) is 2.07. The van der Waals surface area contributed by atoms with Gasteiger partial charge in [0.1, 0.15) is 0 Å². The highest BCUT2D eigenvalue weighted by molar-refractivity contribution is 5.90. The number of primary amides is 1. The predicted molar refractivity (Wildman–Crippen MR) is 44.7 cm³/mol. The fourth-order valence-corrected chi connectivity index (χ4v) is 2.07. The molecule has 4 heteroatoms. The van der Waals surface area contributed by atoms with Gasteiger partial charge in [0.15, 0.2) is 5.41 Å². The van der Waals surface area contributed by atoms with Crippen LogP contribution < -0.4 is 5.73 Å². The Morgan fingerprint density at radius 1 is 1.62 bits per heavy atom. The van der Waals surface area contributed by atoms with Crippen LogP contribution in [-0.2, 0) is 4.79 Å². The van der Waals surface area contributed by atoms with Crippen LogP contribution >= 0.6 is 0 Å². The van der Waals surface area contributed by atoms with Crippen LogP contribution in [0.4, 0.5) is 0 Å². The summed E-state index contributed by atoms with van der Waals surface area (Å²) in [5.41, 5.74) is 3.34. The number of nitriles is 2. The lowest BCUT2D eigenvalue weighted by atomic mass is 9.93. The zero-order valence-electron chi connectivity index (χ0n) is 7.66. The van der Waals surface area contributed by atoms with E-state index < -0.39 is 22.7 Å². The first-order chi connectivity index (χ1) is 6.01. The summed E-state index contributed by atoms with van der Waals surface area (Å²) in [4.78, 5) is 11.1. The third kappa shape index (κ3) is 0.754. The molecule has 0 aromatic carbocycles. The number of hydrogen-bond acceptors (Lipinski definition) is 3. The molecule has 1 amide bonds. The minimum absolute atomic E-state index is 0.549.